The summed E-state index contributed by atoms with van der Waals surface area (Å²) in [6, 6.07) is 10.5. The first-order valence-electron chi connectivity index (χ1n) is 7.87. The summed E-state index contributed by atoms with van der Waals surface area (Å²) in [5, 5.41) is 12.2. The molecule has 0 amide bonds. The molecule has 0 radical (unpaired) electrons. The first kappa shape index (κ1) is 15.7. The third-order valence-electron chi connectivity index (χ3n) is 4.39. The Labute approximate surface area is 128 Å². The fraction of sp³-hybridized carbons (Fsp3) is 0.611. The van der Waals surface area contributed by atoms with Crippen molar-refractivity contribution in [1.29, 1.82) is 5.26 Å². The second kappa shape index (κ2) is 6.85. The molecule has 0 aliphatic heterocycles. The summed E-state index contributed by atoms with van der Waals surface area (Å²) >= 11 is 0. The van der Waals surface area contributed by atoms with E-state index in [1.54, 1.807) is 0 Å². The van der Waals surface area contributed by atoms with Crippen LogP contribution in [0.15, 0.2) is 24.3 Å². The monoisotopic (exact) mass is 286 g/mol. The summed E-state index contributed by atoms with van der Waals surface area (Å²) in [4.78, 5) is 0. The molecule has 0 aromatic heterocycles. The minimum absolute atomic E-state index is 0.0987. The van der Waals surface area contributed by atoms with E-state index in [0.717, 1.165) is 11.4 Å². The van der Waals surface area contributed by atoms with Gasteiger partial charge in [-0.05, 0) is 48.4 Å². The minimum Gasteiger partial charge on any atom is -0.479 e. The van der Waals surface area contributed by atoms with Gasteiger partial charge in [-0.25, -0.2) is 0 Å². The molecule has 1 saturated carbocycles. The van der Waals surface area contributed by atoms with Crippen molar-refractivity contribution < 1.29 is 4.74 Å². The van der Waals surface area contributed by atoms with Gasteiger partial charge in [0.25, 0.3) is 0 Å². The molecule has 0 bridgehead atoms. The number of nitriles is 1. The van der Waals surface area contributed by atoms with Crippen LogP contribution in [0.2, 0.25) is 0 Å². The highest BCUT2D eigenvalue weighted by Gasteiger charge is 2.33. The van der Waals surface area contributed by atoms with E-state index in [9.17, 15) is 0 Å². The standard InChI is InChI=1S/C18H26N2O/c1-18(2,3)16-6-4-5-7-17(16)20-14-8-10-15(11-9-14)21-13-12-19/h8-11,16-17,20H,4-7,13H2,1-3H3. The molecule has 3 heteroatoms. The van der Waals surface area contributed by atoms with Gasteiger partial charge in [0.05, 0.1) is 0 Å². The van der Waals surface area contributed by atoms with Gasteiger partial charge < -0.3 is 10.1 Å². The van der Waals surface area contributed by atoms with Crippen LogP contribution in [-0.2, 0) is 0 Å². The van der Waals surface area contributed by atoms with Crippen molar-refractivity contribution in [2.75, 3.05) is 11.9 Å². The highest BCUT2D eigenvalue weighted by Crippen LogP contribution is 2.39. The van der Waals surface area contributed by atoms with Gasteiger partial charge in [-0.2, -0.15) is 5.26 Å². The molecular weight excluding hydrogens is 260 g/mol. The van der Waals surface area contributed by atoms with Crippen molar-refractivity contribution in [1.82, 2.24) is 0 Å². The molecule has 0 spiro atoms. The van der Waals surface area contributed by atoms with E-state index in [4.69, 9.17) is 10.00 Å². The zero-order valence-corrected chi connectivity index (χ0v) is 13.4. The lowest BCUT2D eigenvalue weighted by Crippen LogP contribution is -2.39. The average Bonchev–Trinajstić information content (AvgIpc) is 2.46. The van der Waals surface area contributed by atoms with E-state index in [-0.39, 0.29) is 6.61 Å². The Balaban J connectivity index is 2.00. The summed E-state index contributed by atoms with van der Waals surface area (Å²) in [6.07, 6.45) is 5.22. The normalized spacial score (nSPS) is 22.4. The van der Waals surface area contributed by atoms with Crippen molar-refractivity contribution in [3.63, 3.8) is 0 Å². The Morgan fingerprint density at radius 3 is 2.48 bits per heavy atom. The summed E-state index contributed by atoms with van der Waals surface area (Å²) < 4.78 is 5.29. The molecule has 1 aliphatic carbocycles. The van der Waals surface area contributed by atoms with Crippen LogP contribution < -0.4 is 10.1 Å². The molecule has 1 fully saturated rings. The molecule has 2 unspecified atom stereocenters. The molecule has 1 aromatic carbocycles. The predicted molar refractivity (Wildman–Crippen MR) is 86.4 cm³/mol. The third kappa shape index (κ3) is 4.39. The Bertz CT molecular complexity index is 481. The van der Waals surface area contributed by atoms with Gasteiger partial charge in [0.1, 0.15) is 11.8 Å². The molecule has 1 N–H and O–H groups in total. The van der Waals surface area contributed by atoms with Crippen molar-refractivity contribution in [3.05, 3.63) is 24.3 Å². The van der Waals surface area contributed by atoms with Crippen LogP contribution in [0.4, 0.5) is 5.69 Å². The summed E-state index contributed by atoms with van der Waals surface area (Å²) in [6.45, 7) is 7.13. The fourth-order valence-electron chi connectivity index (χ4n) is 3.32. The van der Waals surface area contributed by atoms with E-state index in [1.165, 1.54) is 25.7 Å². The number of benzene rings is 1. The van der Waals surface area contributed by atoms with Gasteiger partial charge in [0, 0.05) is 11.7 Å². The Morgan fingerprint density at radius 2 is 1.86 bits per heavy atom. The molecule has 114 valence electrons. The van der Waals surface area contributed by atoms with Crippen LogP contribution in [0.1, 0.15) is 46.5 Å². The minimum atomic E-state index is 0.0987. The number of rotatable bonds is 4. The Hall–Kier alpha value is -1.69. The summed E-state index contributed by atoms with van der Waals surface area (Å²) in [5.41, 5.74) is 1.48. The topological polar surface area (TPSA) is 45.0 Å². The number of ether oxygens (including phenoxy) is 1. The quantitative estimate of drug-likeness (QED) is 0.879. The molecular formula is C18H26N2O. The molecule has 2 rings (SSSR count). The fourth-order valence-corrected chi connectivity index (χ4v) is 3.32. The van der Waals surface area contributed by atoms with Gasteiger partial charge in [-0.1, -0.05) is 33.6 Å². The van der Waals surface area contributed by atoms with Crippen LogP contribution in [-0.4, -0.2) is 12.6 Å². The van der Waals surface area contributed by atoms with Crippen LogP contribution >= 0.6 is 0 Å². The largest absolute Gasteiger partial charge is 0.479 e. The van der Waals surface area contributed by atoms with Crippen LogP contribution in [0.25, 0.3) is 0 Å². The summed E-state index contributed by atoms with van der Waals surface area (Å²) in [7, 11) is 0. The van der Waals surface area contributed by atoms with Gasteiger partial charge in [0.2, 0.25) is 0 Å². The zero-order chi connectivity index (χ0) is 15.3. The second-order valence-electron chi connectivity index (χ2n) is 6.98. The van der Waals surface area contributed by atoms with Gasteiger partial charge in [0.15, 0.2) is 6.61 Å². The smallest absolute Gasteiger partial charge is 0.174 e. The van der Waals surface area contributed by atoms with Crippen molar-refractivity contribution in [2.45, 2.75) is 52.5 Å². The van der Waals surface area contributed by atoms with Gasteiger partial charge in [-0.15, -0.1) is 0 Å². The van der Waals surface area contributed by atoms with Crippen molar-refractivity contribution in [2.24, 2.45) is 11.3 Å². The zero-order valence-electron chi connectivity index (χ0n) is 13.4. The average molecular weight is 286 g/mol. The maximum absolute atomic E-state index is 8.52. The van der Waals surface area contributed by atoms with Crippen LogP contribution in [0.3, 0.4) is 0 Å². The Kier molecular flexibility index (Phi) is 5.12. The maximum atomic E-state index is 8.52. The number of hydrogen-bond donors (Lipinski definition) is 1. The lowest BCUT2D eigenvalue weighted by Gasteiger charge is -2.41. The van der Waals surface area contributed by atoms with Gasteiger partial charge >= 0.3 is 0 Å². The first-order valence-corrected chi connectivity index (χ1v) is 7.87. The lowest BCUT2D eigenvalue weighted by atomic mass is 9.69. The molecule has 1 aliphatic rings. The molecule has 1 aromatic rings. The van der Waals surface area contributed by atoms with Crippen LogP contribution in [0.5, 0.6) is 5.75 Å². The lowest BCUT2D eigenvalue weighted by molar-refractivity contribution is 0.163. The highest BCUT2D eigenvalue weighted by atomic mass is 16.5. The Morgan fingerprint density at radius 1 is 1.19 bits per heavy atom. The van der Waals surface area contributed by atoms with E-state index in [2.05, 4.69) is 26.1 Å². The van der Waals surface area contributed by atoms with E-state index < -0.39 is 0 Å². The first-order chi connectivity index (χ1) is 10.0. The maximum Gasteiger partial charge on any atom is 0.174 e. The van der Waals surface area contributed by atoms with E-state index >= 15 is 0 Å². The summed E-state index contributed by atoms with van der Waals surface area (Å²) in [5.74, 6) is 1.46. The predicted octanol–water partition coefficient (Wildman–Crippen LogP) is 4.61. The number of nitrogens with zero attached hydrogens (tertiary/aromatic N) is 1. The molecule has 0 saturated heterocycles. The highest BCUT2D eigenvalue weighted by molar-refractivity contribution is 5.47. The second-order valence-corrected chi connectivity index (χ2v) is 6.98. The molecule has 3 nitrogen and oxygen atoms in total. The number of hydrogen-bond acceptors (Lipinski definition) is 3. The van der Waals surface area contributed by atoms with Crippen LogP contribution in [0, 0.1) is 22.7 Å². The molecule has 0 heterocycles. The van der Waals surface area contributed by atoms with E-state index in [0.29, 0.717) is 17.4 Å². The SMILES string of the molecule is CC(C)(C)C1CCCCC1Nc1ccc(OCC#N)cc1. The molecule has 2 atom stereocenters. The number of anilines is 1. The van der Waals surface area contributed by atoms with E-state index in [1.807, 2.05) is 30.3 Å². The molecule has 21 heavy (non-hydrogen) atoms. The van der Waals surface area contributed by atoms with Gasteiger partial charge in [-0.3, -0.25) is 0 Å². The number of nitrogens with one attached hydrogen (secondary N) is 1. The van der Waals surface area contributed by atoms with Crippen molar-refractivity contribution in [3.8, 4) is 11.8 Å². The van der Waals surface area contributed by atoms with Crippen molar-refractivity contribution >= 4 is 5.69 Å². The third-order valence-corrected chi connectivity index (χ3v) is 4.39.